The maximum absolute atomic E-state index is 12.2. The average molecular weight is 355 g/mol. The van der Waals surface area contributed by atoms with Crippen LogP contribution in [0.25, 0.3) is 0 Å². The van der Waals surface area contributed by atoms with Gasteiger partial charge in [0.15, 0.2) is 0 Å². The molecule has 8 nitrogen and oxygen atoms in total. The van der Waals surface area contributed by atoms with Crippen LogP contribution >= 0.6 is 0 Å². The van der Waals surface area contributed by atoms with Crippen LogP contribution in [0.5, 0.6) is 0 Å². The Balaban J connectivity index is 1.53. The Morgan fingerprint density at radius 1 is 1.12 bits per heavy atom. The van der Waals surface area contributed by atoms with E-state index in [0.29, 0.717) is 17.1 Å². The molecule has 1 heterocycles. The zero-order valence-electron chi connectivity index (χ0n) is 14.2. The van der Waals surface area contributed by atoms with Crippen molar-refractivity contribution in [2.45, 2.75) is 32.2 Å². The van der Waals surface area contributed by atoms with Gasteiger partial charge in [-0.2, -0.15) is 0 Å². The number of nitrogens with zero attached hydrogens (tertiary/aromatic N) is 1. The molecule has 0 aliphatic heterocycles. The minimum atomic E-state index is -0.425. The fraction of sp³-hybridized carbons (Fsp3) is 0.333. The van der Waals surface area contributed by atoms with Gasteiger partial charge in [0.25, 0.3) is 5.56 Å². The molecule has 1 saturated carbocycles. The lowest BCUT2D eigenvalue weighted by Gasteiger charge is -2.12. The van der Waals surface area contributed by atoms with Crippen molar-refractivity contribution in [2.75, 3.05) is 10.6 Å². The minimum absolute atomic E-state index is 0.0319. The molecular formula is C18H21N5O3. The van der Waals surface area contributed by atoms with Gasteiger partial charge in [-0.25, -0.2) is 9.78 Å². The van der Waals surface area contributed by atoms with Crippen molar-refractivity contribution in [3.63, 3.8) is 0 Å². The molecule has 4 N–H and O–H groups in total. The lowest BCUT2D eigenvalue weighted by molar-refractivity contribution is -0.119. The van der Waals surface area contributed by atoms with E-state index in [1.165, 1.54) is 12.4 Å². The van der Waals surface area contributed by atoms with Crippen LogP contribution in [0.2, 0.25) is 0 Å². The molecule has 1 fully saturated rings. The number of hydrogen-bond donors (Lipinski definition) is 4. The predicted molar refractivity (Wildman–Crippen MR) is 97.7 cm³/mol. The monoisotopic (exact) mass is 355 g/mol. The topological polar surface area (TPSA) is 116 Å². The third-order valence-electron chi connectivity index (χ3n) is 4.28. The van der Waals surface area contributed by atoms with Crippen molar-refractivity contribution >= 4 is 23.3 Å². The SMILES string of the molecule is O=C(NCc1cc(=O)[nH]cn1)Nc1cccc(NC(=O)C2CCCC2)c1. The molecule has 3 amide bonds. The van der Waals surface area contributed by atoms with E-state index >= 15 is 0 Å². The Kier molecular flexibility index (Phi) is 5.62. The molecule has 1 aromatic heterocycles. The Morgan fingerprint density at radius 2 is 1.85 bits per heavy atom. The molecule has 26 heavy (non-hydrogen) atoms. The largest absolute Gasteiger partial charge is 0.332 e. The first kappa shape index (κ1) is 17.7. The number of anilines is 2. The summed E-state index contributed by atoms with van der Waals surface area (Å²) < 4.78 is 0. The predicted octanol–water partition coefficient (Wildman–Crippen LogP) is 2.22. The molecule has 1 aliphatic carbocycles. The fourth-order valence-corrected chi connectivity index (χ4v) is 2.96. The van der Waals surface area contributed by atoms with Crippen LogP contribution in [-0.2, 0) is 11.3 Å². The molecule has 1 aromatic carbocycles. The number of H-pyrrole nitrogens is 1. The third kappa shape index (κ3) is 4.92. The van der Waals surface area contributed by atoms with Gasteiger partial charge in [-0.15, -0.1) is 0 Å². The van der Waals surface area contributed by atoms with E-state index in [0.717, 1.165) is 25.7 Å². The molecule has 0 saturated heterocycles. The summed E-state index contributed by atoms with van der Waals surface area (Å²) in [6, 6.07) is 7.88. The minimum Gasteiger partial charge on any atom is -0.332 e. The van der Waals surface area contributed by atoms with Gasteiger partial charge in [0.05, 0.1) is 18.6 Å². The van der Waals surface area contributed by atoms with E-state index in [2.05, 4.69) is 25.9 Å². The molecule has 136 valence electrons. The number of rotatable bonds is 5. The van der Waals surface area contributed by atoms with Gasteiger partial charge in [-0.3, -0.25) is 9.59 Å². The molecule has 0 atom stereocenters. The van der Waals surface area contributed by atoms with Crippen LogP contribution in [0.4, 0.5) is 16.2 Å². The molecule has 3 rings (SSSR count). The fourth-order valence-electron chi connectivity index (χ4n) is 2.96. The van der Waals surface area contributed by atoms with Crippen molar-refractivity contribution in [1.82, 2.24) is 15.3 Å². The highest BCUT2D eigenvalue weighted by molar-refractivity contribution is 5.94. The van der Waals surface area contributed by atoms with Gasteiger partial charge in [0, 0.05) is 23.4 Å². The Bertz CT molecular complexity index is 842. The molecule has 1 aliphatic rings. The second-order valence-electron chi connectivity index (χ2n) is 6.26. The zero-order valence-corrected chi connectivity index (χ0v) is 14.2. The van der Waals surface area contributed by atoms with Crippen molar-refractivity contribution < 1.29 is 9.59 Å². The quantitative estimate of drug-likeness (QED) is 0.658. The van der Waals surface area contributed by atoms with Gasteiger partial charge in [-0.05, 0) is 31.0 Å². The highest BCUT2D eigenvalue weighted by atomic mass is 16.2. The first-order chi connectivity index (χ1) is 12.6. The number of urea groups is 1. The van der Waals surface area contributed by atoms with Gasteiger partial charge >= 0.3 is 6.03 Å². The van der Waals surface area contributed by atoms with Gasteiger partial charge in [0.1, 0.15) is 0 Å². The Hall–Kier alpha value is -3.16. The van der Waals surface area contributed by atoms with E-state index in [1.807, 2.05) is 0 Å². The summed E-state index contributed by atoms with van der Waals surface area (Å²) in [6.07, 6.45) is 5.35. The average Bonchev–Trinajstić information content (AvgIpc) is 3.15. The van der Waals surface area contributed by atoms with E-state index < -0.39 is 6.03 Å². The number of benzene rings is 1. The number of amides is 3. The first-order valence-electron chi connectivity index (χ1n) is 8.59. The lowest BCUT2D eigenvalue weighted by Crippen LogP contribution is -2.29. The molecule has 0 radical (unpaired) electrons. The summed E-state index contributed by atoms with van der Waals surface area (Å²) in [6.45, 7) is 0.133. The zero-order chi connectivity index (χ0) is 18.4. The van der Waals surface area contributed by atoms with Crippen LogP contribution < -0.4 is 21.5 Å². The van der Waals surface area contributed by atoms with E-state index in [-0.39, 0.29) is 23.9 Å². The molecule has 0 bridgehead atoms. The van der Waals surface area contributed by atoms with Gasteiger partial charge in [0.2, 0.25) is 5.91 Å². The summed E-state index contributed by atoms with van der Waals surface area (Å²) >= 11 is 0. The van der Waals surface area contributed by atoms with Crippen molar-refractivity contribution in [3.05, 3.63) is 52.7 Å². The number of nitrogens with one attached hydrogen (secondary N) is 4. The second kappa shape index (κ2) is 8.28. The van der Waals surface area contributed by atoms with E-state index in [1.54, 1.807) is 24.3 Å². The molecule has 0 unspecified atom stereocenters. The maximum atomic E-state index is 12.2. The van der Waals surface area contributed by atoms with Crippen LogP contribution in [0.3, 0.4) is 0 Å². The van der Waals surface area contributed by atoms with E-state index in [9.17, 15) is 14.4 Å². The van der Waals surface area contributed by atoms with Crippen LogP contribution in [0.1, 0.15) is 31.4 Å². The summed E-state index contributed by atoms with van der Waals surface area (Å²) in [4.78, 5) is 41.7. The van der Waals surface area contributed by atoms with Crippen LogP contribution in [-0.4, -0.2) is 21.9 Å². The van der Waals surface area contributed by atoms with Crippen LogP contribution in [0, 0.1) is 5.92 Å². The Morgan fingerprint density at radius 3 is 2.58 bits per heavy atom. The van der Waals surface area contributed by atoms with Gasteiger partial charge in [-0.1, -0.05) is 18.9 Å². The van der Waals surface area contributed by atoms with Gasteiger partial charge < -0.3 is 20.9 Å². The number of aromatic nitrogens is 2. The third-order valence-corrected chi connectivity index (χ3v) is 4.28. The normalized spacial score (nSPS) is 14.0. The summed E-state index contributed by atoms with van der Waals surface area (Å²) in [5.41, 5.74) is 1.39. The van der Waals surface area contributed by atoms with Crippen LogP contribution in [0.15, 0.2) is 41.5 Å². The number of carbonyl (C=O) groups excluding carboxylic acids is 2. The van der Waals surface area contributed by atoms with Crippen molar-refractivity contribution in [3.8, 4) is 0 Å². The summed E-state index contributed by atoms with van der Waals surface area (Å²) in [5.74, 6) is 0.112. The highest BCUT2D eigenvalue weighted by Gasteiger charge is 2.22. The molecule has 0 spiro atoms. The van der Waals surface area contributed by atoms with E-state index in [4.69, 9.17) is 0 Å². The smallest absolute Gasteiger partial charge is 0.319 e. The number of carbonyl (C=O) groups is 2. The van der Waals surface area contributed by atoms with Crippen molar-refractivity contribution in [1.29, 1.82) is 0 Å². The summed E-state index contributed by atoms with van der Waals surface area (Å²) in [5, 5.41) is 8.22. The molecule has 2 aromatic rings. The maximum Gasteiger partial charge on any atom is 0.319 e. The molecule has 8 heteroatoms. The summed E-state index contributed by atoms with van der Waals surface area (Å²) in [7, 11) is 0. The number of aromatic amines is 1. The highest BCUT2D eigenvalue weighted by Crippen LogP contribution is 2.26. The van der Waals surface area contributed by atoms with Crippen molar-refractivity contribution in [2.24, 2.45) is 5.92 Å². The standard InChI is InChI=1S/C18H21N5O3/c24-16-9-15(20-11-21-16)10-19-18(26)23-14-7-3-6-13(8-14)22-17(25)12-4-1-2-5-12/h3,6-9,11-12H,1-2,4-5,10H2,(H,22,25)(H2,19,23,26)(H,20,21,24). The lowest BCUT2D eigenvalue weighted by atomic mass is 10.1. The Labute approximate surface area is 150 Å². The number of hydrogen-bond acceptors (Lipinski definition) is 4. The first-order valence-corrected chi connectivity index (χ1v) is 8.59. The molecular weight excluding hydrogens is 334 g/mol. The second-order valence-corrected chi connectivity index (χ2v) is 6.26.